The van der Waals surface area contributed by atoms with E-state index in [1.54, 1.807) is 0 Å². The average Bonchev–Trinajstić information content (AvgIpc) is 3.20. The molecule has 0 spiro atoms. The Kier molecular flexibility index (Phi) is 52.8. The molecular formula is C52H104CaN2O4. The van der Waals surface area contributed by atoms with Crippen molar-refractivity contribution in [1.82, 2.24) is 9.80 Å². The van der Waals surface area contributed by atoms with Crippen LogP contribution in [0, 0.1) is 23.7 Å². The fourth-order valence-corrected chi connectivity index (χ4v) is 8.78. The summed E-state index contributed by atoms with van der Waals surface area (Å²) in [7, 11) is 0. The largest absolute Gasteiger partial charge is 2.00 e. The zero-order valence-corrected chi connectivity index (χ0v) is 43.6. The second kappa shape index (κ2) is 49.1. The van der Waals surface area contributed by atoms with Gasteiger partial charge in [-0.15, -0.1) is 0 Å². The van der Waals surface area contributed by atoms with E-state index in [2.05, 4.69) is 65.2 Å². The molecule has 59 heavy (non-hydrogen) atoms. The molecule has 4 unspecified atom stereocenters. The number of carboxylic acid groups (broad SMARTS) is 2. The molecule has 0 aliphatic carbocycles. The van der Waals surface area contributed by atoms with Crippen LogP contribution in [0.25, 0.3) is 0 Å². The SMILES string of the molecule is CCCCCCCCC(CC)CN(CC(=O)[O-])CC(CC)CCCCCCCC.CCCCCCCCC(CC)CN(CC(=O)[O-])CC(CC)CCCCCCCC.[Ca+2]. The molecule has 0 aromatic carbocycles. The van der Waals surface area contributed by atoms with E-state index in [0.29, 0.717) is 23.7 Å². The summed E-state index contributed by atoms with van der Waals surface area (Å²) in [6, 6.07) is 0. The van der Waals surface area contributed by atoms with Crippen LogP contribution in [0.3, 0.4) is 0 Å². The Morgan fingerprint density at radius 3 is 0.695 bits per heavy atom. The maximum atomic E-state index is 11.3. The molecule has 0 aliphatic rings. The molecule has 0 aromatic rings. The van der Waals surface area contributed by atoms with Crippen molar-refractivity contribution in [1.29, 1.82) is 0 Å². The summed E-state index contributed by atoms with van der Waals surface area (Å²) < 4.78 is 0. The van der Waals surface area contributed by atoms with Gasteiger partial charge in [-0.3, -0.25) is 9.80 Å². The van der Waals surface area contributed by atoms with Crippen LogP contribution < -0.4 is 10.2 Å². The van der Waals surface area contributed by atoms with Gasteiger partial charge in [0.25, 0.3) is 0 Å². The van der Waals surface area contributed by atoms with E-state index in [1.165, 1.54) is 180 Å². The van der Waals surface area contributed by atoms with Gasteiger partial charge in [-0.05, 0) is 49.4 Å². The second-order valence-corrected chi connectivity index (χ2v) is 18.5. The first-order valence-electron chi connectivity index (χ1n) is 26.0. The molecule has 0 radical (unpaired) electrons. The van der Waals surface area contributed by atoms with E-state index in [4.69, 9.17) is 0 Å². The van der Waals surface area contributed by atoms with E-state index >= 15 is 0 Å². The van der Waals surface area contributed by atoms with Crippen molar-refractivity contribution in [2.75, 3.05) is 39.3 Å². The first-order valence-corrected chi connectivity index (χ1v) is 26.0. The quantitative estimate of drug-likeness (QED) is 0.0448. The van der Waals surface area contributed by atoms with E-state index in [9.17, 15) is 19.8 Å². The number of rotatable bonds is 44. The summed E-state index contributed by atoms with van der Waals surface area (Å²) in [5, 5.41) is 22.6. The van der Waals surface area contributed by atoms with Crippen molar-refractivity contribution in [3.05, 3.63) is 0 Å². The van der Waals surface area contributed by atoms with Gasteiger partial charge in [0.1, 0.15) is 0 Å². The topological polar surface area (TPSA) is 86.7 Å². The molecular weight excluding hydrogens is 757 g/mol. The predicted octanol–water partition coefficient (Wildman–Crippen LogP) is 12.8. The fraction of sp³-hybridized carbons (Fsp3) is 0.962. The van der Waals surface area contributed by atoms with Gasteiger partial charge in [-0.1, -0.05) is 235 Å². The number of carbonyl (C=O) groups excluding carboxylic acids is 2. The third kappa shape index (κ3) is 44.5. The minimum Gasteiger partial charge on any atom is -0.549 e. The number of carboxylic acids is 2. The van der Waals surface area contributed by atoms with Gasteiger partial charge in [-0.2, -0.15) is 0 Å². The number of hydrogen-bond acceptors (Lipinski definition) is 6. The van der Waals surface area contributed by atoms with Gasteiger partial charge in [0.2, 0.25) is 0 Å². The van der Waals surface area contributed by atoms with Gasteiger partial charge >= 0.3 is 37.7 Å². The summed E-state index contributed by atoms with van der Waals surface area (Å²) in [5.41, 5.74) is 0. The van der Waals surface area contributed by atoms with Crippen LogP contribution in [0.4, 0.5) is 0 Å². The van der Waals surface area contributed by atoms with Gasteiger partial charge in [-0.25, -0.2) is 0 Å². The zero-order valence-electron chi connectivity index (χ0n) is 41.4. The van der Waals surface area contributed by atoms with Crippen LogP contribution in [0.2, 0.25) is 0 Å². The van der Waals surface area contributed by atoms with Crippen LogP contribution in [0.1, 0.15) is 261 Å². The van der Waals surface area contributed by atoms with Crippen molar-refractivity contribution < 1.29 is 19.8 Å². The maximum Gasteiger partial charge on any atom is 2.00 e. The van der Waals surface area contributed by atoms with Crippen molar-refractivity contribution in [3.8, 4) is 0 Å². The van der Waals surface area contributed by atoms with Crippen molar-refractivity contribution in [2.24, 2.45) is 23.7 Å². The first-order chi connectivity index (χ1) is 28.1. The van der Waals surface area contributed by atoms with Gasteiger partial charge in [0.15, 0.2) is 0 Å². The van der Waals surface area contributed by atoms with Gasteiger partial charge < -0.3 is 19.8 Å². The van der Waals surface area contributed by atoms with E-state index in [0.717, 1.165) is 51.9 Å². The summed E-state index contributed by atoms with van der Waals surface area (Å²) in [6.45, 7) is 21.9. The average molecular weight is 861 g/mol. The Hall–Kier alpha value is 0.120. The van der Waals surface area contributed by atoms with Crippen LogP contribution >= 0.6 is 0 Å². The third-order valence-corrected chi connectivity index (χ3v) is 12.9. The summed E-state index contributed by atoms with van der Waals surface area (Å²) in [6.07, 6.45) is 41.4. The normalized spacial score (nSPS) is 13.5. The number of carbonyl (C=O) groups is 2. The molecule has 4 atom stereocenters. The third-order valence-electron chi connectivity index (χ3n) is 12.9. The van der Waals surface area contributed by atoms with E-state index in [-0.39, 0.29) is 50.8 Å². The van der Waals surface area contributed by atoms with Crippen LogP contribution in [-0.2, 0) is 9.59 Å². The summed E-state index contributed by atoms with van der Waals surface area (Å²) in [4.78, 5) is 27.0. The first kappa shape index (κ1) is 63.4. The Balaban J connectivity index is -0.00000105. The van der Waals surface area contributed by atoms with Crippen LogP contribution in [-0.4, -0.2) is 98.7 Å². The number of unbranched alkanes of at least 4 members (excludes halogenated alkanes) is 20. The number of hydrogen-bond donors (Lipinski definition) is 0. The Morgan fingerprint density at radius 1 is 0.339 bits per heavy atom. The fourth-order valence-electron chi connectivity index (χ4n) is 8.78. The molecule has 0 aliphatic heterocycles. The van der Waals surface area contributed by atoms with E-state index < -0.39 is 11.9 Å². The molecule has 0 bridgehead atoms. The summed E-state index contributed by atoms with van der Waals surface area (Å²) >= 11 is 0. The Labute approximate surface area is 400 Å². The Bertz CT molecular complexity index is 741. The van der Waals surface area contributed by atoms with Gasteiger partial charge in [0.05, 0.1) is 11.9 Å². The number of aliphatic carboxylic acids is 2. The zero-order chi connectivity index (χ0) is 43.5. The summed E-state index contributed by atoms with van der Waals surface area (Å²) in [5.74, 6) is 0.626. The molecule has 7 heteroatoms. The minimum atomic E-state index is -0.922. The molecule has 0 fully saturated rings. The molecule has 0 saturated carbocycles. The molecule has 0 heterocycles. The standard InChI is InChI=1S/2C26H53NO2.Ca/c2*1-5-9-11-13-15-17-19-24(7-3)21-27(23-26(28)29)22-25(8-4)20-18-16-14-12-10-6-2;/h2*24-25H,5-23H2,1-4H3,(H,28,29);/q;;+2/p-2. The second-order valence-electron chi connectivity index (χ2n) is 18.5. The smallest absolute Gasteiger partial charge is 0.549 e. The Morgan fingerprint density at radius 2 is 0.525 bits per heavy atom. The molecule has 0 rings (SSSR count). The van der Waals surface area contributed by atoms with Crippen molar-refractivity contribution in [3.63, 3.8) is 0 Å². The molecule has 0 amide bonds. The molecule has 0 N–H and O–H groups in total. The monoisotopic (exact) mass is 861 g/mol. The molecule has 0 saturated heterocycles. The van der Waals surface area contributed by atoms with Crippen LogP contribution in [0.15, 0.2) is 0 Å². The van der Waals surface area contributed by atoms with E-state index in [1.807, 2.05) is 0 Å². The maximum absolute atomic E-state index is 11.3. The van der Waals surface area contributed by atoms with Crippen molar-refractivity contribution in [2.45, 2.75) is 261 Å². The number of nitrogens with zero attached hydrogens (tertiary/aromatic N) is 2. The molecule has 348 valence electrons. The van der Waals surface area contributed by atoms with Crippen LogP contribution in [0.5, 0.6) is 0 Å². The molecule has 6 nitrogen and oxygen atoms in total. The van der Waals surface area contributed by atoms with Crippen molar-refractivity contribution >= 4 is 49.7 Å². The molecule has 0 aromatic heterocycles. The predicted molar refractivity (Wildman–Crippen MR) is 256 cm³/mol. The minimum absolute atomic E-state index is 0. The van der Waals surface area contributed by atoms with Gasteiger partial charge in [0, 0.05) is 39.3 Å².